The Labute approximate surface area is 128 Å². The summed E-state index contributed by atoms with van der Waals surface area (Å²) in [6.45, 7) is 1.89. The number of hydrogen-bond donors (Lipinski definition) is 2. The van der Waals surface area contributed by atoms with Crippen LogP contribution in [-0.2, 0) is 0 Å². The Morgan fingerprint density at radius 1 is 1.20 bits per heavy atom. The van der Waals surface area contributed by atoms with Gasteiger partial charge in [-0.15, -0.1) is 23.5 Å². The van der Waals surface area contributed by atoms with Crippen molar-refractivity contribution in [1.82, 2.24) is 10.6 Å². The van der Waals surface area contributed by atoms with Gasteiger partial charge in [0.05, 0.1) is 4.58 Å². The quantitative estimate of drug-likeness (QED) is 0.901. The van der Waals surface area contributed by atoms with Crippen LogP contribution in [0.2, 0.25) is 0 Å². The largest absolute Gasteiger partial charge is 0.348 e. The van der Waals surface area contributed by atoms with Gasteiger partial charge in [0.25, 0.3) is 5.91 Å². The van der Waals surface area contributed by atoms with Crippen molar-refractivity contribution >= 4 is 29.4 Å². The zero-order valence-electron chi connectivity index (χ0n) is 11.4. The van der Waals surface area contributed by atoms with Crippen molar-refractivity contribution < 1.29 is 4.79 Å². The standard InChI is InChI=1S/C15H20N2OS2/c18-14(17-13-6-7-16-10-13)11-2-4-12(5-3-11)15-19-8-1-9-20-15/h2-5,13,15-16H,1,6-10H2,(H,17,18). The highest BCUT2D eigenvalue weighted by molar-refractivity contribution is 8.16. The molecule has 0 bridgehead atoms. The van der Waals surface area contributed by atoms with E-state index in [0.717, 1.165) is 25.1 Å². The molecule has 2 N–H and O–H groups in total. The highest BCUT2D eigenvalue weighted by atomic mass is 32.2. The van der Waals surface area contributed by atoms with E-state index < -0.39 is 0 Å². The number of benzene rings is 1. The Hall–Kier alpha value is -0.650. The molecule has 0 aliphatic carbocycles. The Morgan fingerprint density at radius 2 is 1.95 bits per heavy atom. The van der Waals surface area contributed by atoms with E-state index in [-0.39, 0.29) is 11.9 Å². The molecule has 2 aliphatic rings. The molecule has 3 rings (SSSR count). The van der Waals surface area contributed by atoms with Crippen molar-refractivity contribution in [2.24, 2.45) is 0 Å². The second-order valence-electron chi connectivity index (χ2n) is 5.21. The number of hydrogen-bond acceptors (Lipinski definition) is 4. The molecule has 2 heterocycles. The van der Waals surface area contributed by atoms with Crippen LogP contribution in [0.15, 0.2) is 24.3 Å². The van der Waals surface area contributed by atoms with Gasteiger partial charge in [0.1, 0.15) is 0 Å². The summed E-state index contributed by atoms with van der Waals surface area (Å²) >= 11 is 4.02. The molecule has 2 saturated heterocycles. The van der Waals surface area contributed by atoms with Gasteiger partial charge in [0, 0.05) is 18.2 Å². The molecule has 1 atom stereocenters. The minimum Gasteiger partial charge on any atom is -0.348 e. The lowest BCUT2D eigenvalue weighted by Gasteiger charge is -2.21. The average Bonchev–Trinajstić information content (AvgIpc) is 3.01. The van der Waals surface area contributed by atoms with Crippen LogP contribution in [0, 0.1) is 0 Å². The minimum atomic E-state index is 0.0502. The third-order valence-corrected chi connectivity index (χ3v) is 6.68. The number of carbonyl (C=O) groups excluding carboxylic acids is 1. The number of amides is 1. The second kappa shape index (κ2) is 6.87. The van der Waals surface area contributed by atoms with Gasteiger partial charge in [-0.2, -0.15) is 0 Å². The zero-order chi connectivity index (χ0) is 13.8. The minimum absolute atomic E-state index is 0.0502. The van der Waals surface area contributed by atoms with Crippen LogP contribution >= 0.6 is 23.5 Å². The van der Waals surface area contributed by atoms with E-state index >= 15 is 0 Å². The predicted octanol–water partition coefficient (Wildman–Crippen LogP) is 2.65. The van der Waals surface area contributed by atoms with Crippen LogP contribution in [0.25, 0.3) is 0 Å². The van der Waals surface area contributed by atoms with Crippen molar-refractivity contribution in [1.29, 1.82) is 0 Å². The Bertz CT molecular complexity index is 451. The molecule has 5 heteroatoms. The first-order valence-electron chi connectivity index (χ1n) is 7.18. The highest BCUT2D eigenvalue weighted by Gasteiger charge is 2.19. The Kier molecular flexibility index (Phi) is 4.91. The van der Waals surface area contributed by atoms with Crippen LogP contribution in [-0.4, -0.2) is 36.5 Å². The van der Waals surface area contributed by atoms with Gasteiger partial charge in [-0.1, -0.05) is 12.1 Å². The number of nitrogens with one attached hydrogen (secondary N) is 2. The normalized spacial score (nSPS) is 23.7. The molecule has 2 aliphatic heterocycles. The lowest BCUT2D eigenvalue weighted by molar-refractivity contribution is 0.0940. The van der Waals surface area contributed by atoms with Crippen LogP contribution in [0.3, 0.4) is 0 Å². The lowest BCUT2D eigenvalue weighted by Crippen LogP contribution is -2.36. The molecule has 0 spiro atoms. The van der Waals surface area contributed by atoms with Crippen LogP contribution < -0.4 is 10.6 Å². The van der Waals surface area contributed by atoms with Gasteiger partial charge < -0.3 is 10.6 Å². The second-order valence-corrected chi connectivity index (χ2v) is 7.94. The Morgan fingerprint density at radius 3 is 2.60 bits per heavy atom. The summed E-state index contributed by atoms with van der Waals surface area (Å²) in [6.07, 6.45) is 2.33. The van der Waals surface area contributed by atoms with Gasteiger partial charge in [0.15, 0.2) is 0 Å². The van der Waals surface area contributed by atoms with E-state index in [4.69, 9.17) is 0 Å². The van der Waals surface area contributed by atoms with E-state index in [9.17, 15) is 4.79 Å². The summed E-state index contributed by atoms with van der Waals surface area (Å²) in [4.78, 5) is 12.1. The molecule has 0 aromatic heterocycles. The van der Waals surface area contributed by atoms with Crippen molar-refractivity contribution in [2.45, 2.75) is 23.5 Å². The number of rotatable bonds is 3. The number of carbonyl (C=O) groups is 1. The molecule has 3 nitrogen and oxygen atoms in total. The topological polar surface area (TPSA) is 41.1 Å². The molecule has 2 fully saturated rings. The summed E-state index contributed by atoms with van der Waals surface area (Å²) in [7, 11) is 0. The zero-order valence-corrected chi connectivity index (χ0v) is 13.1. The first-order chi connectivity index (χ1) is 9.83. The van der Waals surface area contributed by atoms with Crippen molar-refractivity contribution in [3.8, 4) is 0 Å². The summed E-state index contributed by atoms with van der Waals surface area (Å²) in [5.41, 5.74) is 2.10. The molecule has 108 valence electrons. The first kappa shape index (κ1) is 14.3. The summed E-state index contributed by atoms with van der Waals surface area (Å²) < 4.78 is 0.542. The summed E-state index contributed by atoms with van der Waals surface area (Å²) in [5, 5.41) is 6.34. The summed E-state index contributed by atoms with van der Waals surface area (Å²) in [6, 6.07) is 8.42. The molecule has 0 radical (unpaired) electrons. The smallest absolute Gasteiger partial charge is 0.251 e. The summed E-state index contributed by atoms with van der Waals surface area (Å²) in [5.74, 6) is 2.54. The average molecular weight is 308 g/mol. The first-order valence-corrected chi connectivity index (χ1v) is 9.27. The fourth-order valence-corrected chi connectivity index (χ4v) is 5.41. The molecule has 1 aromatic carbocycles. The molecular weight excluding hydrogens is 288 g/mol. The Balaban J connectivity index is 1.61. The van der Waals surface area contributed by atoms with E-state index in [1.807, 2.05) is 35.7 Å². The maximum absolute atomic E-state index is 12.1. The molecule has 0 saturated carbocycles. The van der Waals surface area contributed by atoms with Crippen molar-refractivity contribution in [3.05, 3.63) is 35.4 Å². The van der Waals surface area contributed by atoms with Crippen LogP contribution in [0.1, 0.15) is 33.3 Å². The van der Waals surface area contributed by atoms with E-state index in [2.05, 4.69) is 22.8 Å². The van der Waals surface area contributed by atoms with Gasteiger partial charge in [-0.3, -0.25) is 4.79 Å². The third kappa shape index (κ3) is 3.51. The molecule has 20 heavy (non-hydrogen) atoms. The molecule has 1 aromatic rings. The maximum Gasteiger partial charge on any atom is 0.251 e. The van der Waals surface area contributed by atoms with Gasteiger partial charge in [0.2, 0.25) is 0 Å². The van der Waals surface area contributed by atoms with Crippen molar-refractivity contribution in [3.63, 3.8) is 0 Å². The monoisotopic (exact) mass is 308 g/mol. The van der Waals surface area contributed by atoms with Gasteiger partial charge in [-0.25, -0.2) is 0 Å². The fourth-order valence-electron chi connectivity index (χ4n) is 2.52. The van der Waals surface area contributed by atoms with E-state index in [1.165, 1.54) is 23.5 Å². The highest BCUT2D eigenvalue weighted by Crippen LogP contribution is 2.43. The van der Waals surface area contributed by atoms with Crippen LogP contribution in [0.5, 0.6) is 0 Å². The molecular formula is C15H20N2OS2. The third-order valence-electron chi connectivity index (χ3n) is 3.67. The van der Waals surface area contributed by atoms with Crippen LogP contribution in [0.4, 0.5) is 0 Å². The number of thioether (sulfide) groups is 2. The predicted molar refractivity (Wildman–Crippen MR) is 87.5 cm³/mol. The lowest BCUT2D eigenvalue weighted by atomic mass is 10.1. The van der Waals surface area contributed by atoms with E-state index in [0.29, 0.717) is 4.58 Å². The van der Waals surface area contributed by atoms with Gasteiger partial charge in [-0.05, 0) is 48.6 Å². The van der Waals surface area contributed by atoms with Gasteiger partial charge >= 0.3 is 0 Å². The maximum atomic E-state index is 12.1. The molecule has 1 amide bonds. The fraction of sp³-hybridized carbons (Fsp3) is 0.533. The van der Waals surface area contributed by atoms with Crippen molar-refractivity contribution in [2.75, 3.05) is 24.6 Å². The molecule has 1 unspecified atom stereocenters. The van der Waals surface area contributed by atoms with E-state index in [1.54, 1.807) is 0 Å². The SMILES string of the molecule is O=C(NC1CCNC1)c1ccc(C2SCCCS2)cc1.